The fourth-order valence-electron chi connectivity index (χ4n) is 3.12. The van der Waals surface area contributed by atoms with Crippen LogP contribution in [-0.4, -0.2) is 42.8 Å². The molecule has 0 radical (unpaired) electrons. The molecule has 1 heterocycles. The minimum absolute atomic E-state index is 0.0445. The molecule has 0 bridgehead atoms. The lowest BCUT2D eigenvalue weighted by molar-refractivity contribution is -0.155. The lowest BCUT2D eigenvalue weighted by Crippen LogP contribution is -2.73. The Hall–Kier alpha value is -0.120. The molecule has 1 saturated heterocycles. The number of hydrogen-bond donors (Lipinski definition) is 1. The lowest BCUT2D eigenvalue weighted by atomic mass is 9.54. The van der Waals surface area contributed by atoms with E-state index in [4.69, 9.17) is 10.5 Å². The summed E-state index contributed by atoms with van der Waals surface area (Å²) in [5.74, 6) is 0. The Bertz CT molecular complexity index is 248. The van der Waals surface area contributed by atoms with E-state index in [2.05, 4.69) is 25.7 Å². The van der Waals surface area contributed by atoms with Crippen LogP contribution in [0.25, 0.3) is 0 Å². The van der Waals surface area contributed by atoms with Crippen LogP contribution in [0.2, 0.25) is 0 Å². The minimum Gasteiger partial charge on any atom is -0.378 e. The summed E-state index contributed by atoms with van der Waals surface area (Å²) in [7, 11) is 0. The zero-order chi connectivity index (χ0) is 11.8. The van der Waals surface area contributed by atoms with Crippen LogP contribution < -0.4 is 5.73 Å². The summed E-state index contributed by atoms with van der Waals surface area (Å²) in [6, 6.07) is 0. The van der Waals surface area contributed by atoms with Crippen molar-refractivity contribution in [2.45, 2.75) is 51.7 Å². The van der Waals surface area contributed by atoms with Gasteiger partial charge in [-0.25, -0.2) is 0 Å². The fourth-order valence-corrected chi connectivity index (χ4v) is 3.12. The Labute approximate surface area is 99.3 Å². The molecule has 1 saturated carbocycles. The Morgan fingerprint density at radius 1 is 1.31 bits per heavy atom. The third-order valence-electron chi connectivity index (χ3n) is 4.71. The third kappa shape index (κ3) is 1.89. The molecule has 0 aromatic carbocycles. The summed E-state index contributed by atoms with van der Waals surface area (Å²) in [4.78, 5) is 2.52. The molecular formula is C13H26N2O. The molecule has 3 heteroatoms. The van der Waals surface area contributed by atoms with Crippen molar-refractivity contribution in [2.75, 3.05) is 26.2 Å². The Morgan fingerprint density at radius 2 is 1.94 bits per heavy atom. The SMILES string of the molecule is CCOC1CC(N)(CN2CCCC2)C1(C)C. The van der Waals surface area contributed by atoms with E-state index in [1.54, 1.807) is 0 Å². The van der Waals surface area contributed by atoms with Gasteiger partial charge in [-0.15, -0.1) is 0 Å². The Morgan fingerprint density at radius 3 is 2.44 bits per heavy atom. The van der Waals surface area contributed by atoms with Crippen LogP contribution in [0.1, 0.15) is 40.0 Å². The second-order valence-corrected chi connectivity index (χ2v) is 6.01. The summed E-state index contributed by atoms with van der Waals surface area (Å²) in [6.07, 6.45) is 4.05. The standard InChI is InChI=1S/C13H26N2O/c1-4-16-11-9-13(14,12(11,2)3)10-15-7-5-6-8-15/h11H,4-10,14H2,1-3H3. The van der Waals surface area contributed by atoms with Crippen molar-refractivity contribution in [1.82, 2.24) is 4.90 Å². The molecule has 2 atom stereocenters. The van der Waals surface area contributed by atoms with Crippen LogP contribution in [0, 0.1) is 5.41 Å². The van der Waals surface area contributed by atoms with Crippen LogP contribution >= 0.6 is 0 Å². The van der Waals surface area contributed by atoms with Gasteiger partial charge in [-0.2, -0.15) is 0 Å². The van der Waals surface area contributed by atoms with Crippen molar-refractivity contribution in [1.29, 1.82) is 0 Å². The van der Waals surface area contributed by atoms with Crippen LogP contribution in [0.5, 0.6) is 0 Å². The molecule has 2 fully saturated rings. The van der Waals surface area contributed by atoms with Gasteiger partial charge in [0.25, 0.3) is 0 Å². The van der Waals surface area contributed by atoms with E-state index in [1.165, 1.54) is 25.9 Å². The van der Waals surface area contributed by atoms with E-state index in [0.717, 1.165) is 19.6 Å². The van der Waals surface area contributed by atoms with E-state index in [0.29, 0.717) is 6.10 Å². The van der Waals surface area contributed by atoms with Gasteiger partial charge < -0.3 is 15.4 Å². The predicted molar refractivity (Wildman–Crippen MR) is 66.4 cm³/mol. The van der Waals surface area contributed by atoms with Gasteiger partial charge in [-0.05, 0) is 39.3 Å². The molecular weight excluding hydrogens is 200 g/mol. The first-order chi connectivity index (χ1) is 7.49. The van der Waals surface area contributed by atoms with Crippen LogP contribution in [0.4, 0.5) is 0 Å². The predicted octanol–water partition coefficient (Wildman–Crippen LogP) is 1.61. The van der Waals surface area contributed by atoms with Crippen molar-refractivity contribution in [3.63, 3.8) is 0 Å². The molecule has 2 N–H and O–H groups in total. The molecule has 94 valence electrons. The van der Waals surface area contributed by atoms with Crippen molar-refractivity contribution >= 4 is 0 Å². The van der Waals surface area contributed by atoms with Gasteiger partial charge in [0.15, 0.2) is 0 Å². The smallest absolute Gasteiger partial charge is 0.0662 e. The minimum atomic E-state index is -0.0445. The van der Waals surface area contributed by atoms with E-state index in [1.807, 2.05) is 0 Å². The quantitative estimate of drug-likeness (QED) is 0.791. The van der Waals surface area contributed by atoms with E-state index in [9.17, 15) is 0 Å². The molecule has 2 aliphatic rings. The summed E-state index contributed by atoms with van der Waals surface area (Å²) in [6.45, 7) is 10.9. The highest BCUT2D eigenvalue weighted by Crippen LogP contribution is 2.50. The lowest BCUT2D eigenvalue weighted by Gasteiger charge is -2.60. The maximum absolute atomic E-state index is 6.56. The first-order valence-electron chi connectivity index (χ1n) is 6.62. The van der Waals surface area contributed by atoms with Gasteiger partial charge in [0, 0.05) is 24.1 Å². The van der Waals surface area contributed by atoms with E-state index >= 15 is 0 Å². The summed E-state index contributed by atoms with van der Waals surface area (Å²) < 4.78 is 5.75. The highest BCUT2D eigenvalue weighted by molar-refractivity contribution is 5.14. The average molecular weight is 226 g/mol. The Kier molecular flexibility index (Phi) is 3.30. The topological polar surface area (TPSA) is 38.5 Å². The maximum Gasteiger partial charge on any atom is 0.0662 e. The first kappa shape index (κ1) is 12.3. The van der Waals surface area contributed by atoms with E-state index < -0.39 is 0 Å². The summed E-state index contributed by atoms with van der Waals surface area (Å²) in [5, 5.41) is 0. The molecule has 1 aliphatic carbocycles. The zero-order valence-electron chi connectivity index (χ0n) is 11.0. The molecule has 0 spiro atoms. The monoisotopic (exact) mass is 226 g/mol. The van der Waals surface area contributed by atoms with Gasteiger partial charge in [0.1, 0.15) is 0 Å². The van der Waals surface area contributed by atoms with Crippen molar-refractivity contribution < 1.29 is 4.74 Å². The number of hydrogen-bond acceptors (Lipinski definition) is 3. The largest absolute Gasteiger partial charge is 0.378 e. The van der Waals surface area contributed by atoms with Gasteiger partial charge in [0.05, 0.1) is 6.10 Å². The van der Waals surface area contributed by atoms with Gasteiger partial charge in [-0.1, -0.05) is 13.8 Å². The molecule has 2 rings (SSSR count). The molecule has 1 aliphatic heterocycles. The van der Waals surface area contributed by atoms with Gasteiger partial charge in [0.2, 0.25) is 0 Å². The number of nitrogens with zero attached hydrogens (tertiary/aromatic N) is 1. The molecule has 2 unspecified atom stereocenters. The highest BCUT2D eigenvalue weighted by atomic mass is 16.5. The number of nitrogens with two attached hydrogens (primary N) is 1. The molecule has 16 heavy (non-hydrogen) atoms. The summed E-state index contributed by atoms with van der Waals surface area (Å²) >= 11 is 0. The fraction of sp³-hybridized carbons (Fsp3) is 1.00. The average Bonchev–Trinajstić information content (AvgIpc) is 2.70. The maximum atomic E-state index is 6.56. The van der Waals surface area contributed by atoms with Crippen LogP contribution in [-0.2, 0) is 4.74 Å². The molecule has 0 aromatic rings. The second kappa shape index (κ2) is 4.28. The number of likely N-dealkylation sites (tertiary alicyclic amines) is 1. The normalized spacial score (nSPS) is 38.6. The second-order valence-electron chi connectivity index (χ2n) is 6.01. The highest BCUT2D eigenvalue weighted by Gasteiger charge is 2.58. The molecule has 3 nitrogen and oxygen atoms in total. The van der Waals surface area contributed by atoms with Crippen molar-refractivity contribution in [3.05, 3.63) is 0 Å². The third-order valence-corrected chi connectivity index (χ3v) is 4.71. The summed E-state index contributed by atoms with van der Waals surface area (Å²) in [5.41, 5.74) is 6.63. The zero-order valence-corrected chi connectivity index (χ0v) is 11.0. The molecule has 0 amide bonds. The van der Waals surface area contributed by atoms with Crippen LogP contribution in [0.3, 0.4) is 0 Å². The first-order valence-corrected chi connectivity index (χ1v) is 6.62. The van der Waals surface area contributed by atoms with Crippen molar-refractivity contribution in [3.8, 4) is 0 Å². The van der Waals surface area contributed by atoms with Gasteiger partial charge >= 0.3 is 0 Å². The van der Waals surface area contributed by atoms with Gasteiger partial charge in [-0.3, -0.25) is 0 Å². The van der Waals surface area contributed by atoms with Crippen molar-refractivity contribution in [2.24, 2.45) is 11.1 Å². The molecule has 0 aromatic heterocycles. The number of ether oxygens (including phenoxy) is 1. The van der Waals surface area contributed by atoms with E-state index in [-0.39, 0.29) is 11.0 Å². The number of rotatable bonds is 4. The van der Waals surface area contributed by atoms with Crippen LogP contribution in [0.15, 0.2) is 0 Å². The Balaban J connectivity index is 1.93.